The first-order valence-corrected chi connectivity index (χ1v) is 9.70. The number of hydrogen-bond acceptors (Lipinski definition) is 4. The smallest absolute Gasteiger partial charge is 0.254 e. The zero-order valence-electron chi connectivity index (χ0n) is 13.4. The van der Waals surface area contributed by atoms with Crippen LogP contribution in [0.2, 0.25) is 5.02 Å². The van der Waals surface area contributed by atoms with E-state index >= 15 is 0 Å². The van der Waals surface area contributed by atoms with Crippen LogP contribution in [0.25, 0.3) is 0 Å². The summed E-state index contributed by atoms with van der Waals surface area (Å²) in [6.45, 7) is 2.46. The summed E-state index contributed by atoms with van der Waals surface area (Å²) in [4.78, 5) is 16.4. The lowest BCUT2D eigenvalue weighted by molar-refractivity contribution is 0.0746. The zero-order valence-corrected chi connectivity index (χ0v) is 15.0. The van der Waals surface area contributed by atoms with Crippen LogP contribution < -0.4 is 10.0 Å². The summed E-state index contributed by atoms with van der Waals surface area (Å²) in [5.41, 5.74) is 1.35. The van der Waals surface area contributed by atoms with Crippen LogP contribution in [0.3, 0.4) is 0 Å². The SMILES string of the molecule is NS(=O)(=O)c1cccc(C(=O)N2CCN(c3cccc(Cl)c3)CC2)c1. The highest BCUT2D eigenvalue weighted by molar-refractivity contribution is 7.89. The van der Waals surface area contributed by atoms with Crippen molar-refractivity contribution >= 4 is 33.2 Å². The van der Waals surface area contributed by atoms with Crippen LogP contribution in [-0.2, 0) is 10.0 Å². The van der Waals surface area contributed by atoms with Gasteiger partial charge in [-0.15, -0.1) is 0 Å². The number of rotatable bonds is 3. The van der Waals surface area contributed by atoms with E-state index in [9.17, 15) is 13.2 Å². The summed E-state index contributed by atoms with van der Waals surface area (Å²) in [6, 6.07) is 13.4. The lowest BCUT2D eigenvalue weighted by Crippen LogP contribution is -2.48. The first-order chi connectivity index (χ1) is 11.8. The van der Waals surface area contributed by atoms with Gasteiger partial charge in [-0.05, 0) is 36.4 Å². The van der Waals surface area contributed by atoms with Gasteiger partial charge in [0.25, 0.3) is 5.91 Å². The molecule has 1 aliphatic heterocycles. The molecule has 0 aliphatic carbocycles. The van der Waals surface area contributed by atoms with E-state index in [1.165, 1.54) is 18.2 Å². The molecule has 0 spiro atoms. The number of halogens is 1. The molecule has 25 heavy (non-hydrogen) atoms. The molecule has 3 rings (SSSR count). The highest BCUT2D eigenvalue weighted by Crippen LogP contribution is 2.21. The summed E-state index contributed by atoms with van der Waals surface area (Å²) < 4.78 is 22.9. The second kappa shape index (κ2) is 7.03. The van der Waals surface area contributed by atoms with Gasteiger partial charge in [0.2, 0.25) is 10.0 Å². The number of sulfonamides is 1. The molecule has 0 saturated carbocycles. The highest BCUT2D eigenvalue weighted by atomic mass is 35.5. The fraction of sp³-hybridized carbons (Fsp3) is 0.235. The number of amides is 1. The first kappa shape index (κ1) is 17.7. The van der Waals surface area contributed by atoms with Crippen LogP contribution in [0.4, 0.5) is 5.69 Å². The third-order valence-corrected chi connectivity index (χ3v) is 5.30. The van der Waals surface area contributed by atoms with E-state index < -0.39 is 10.0 Å². The normalized spacial score (nSPS) is 15.3. The molecule has 1 heterocycles. The van der Waals surface area contributed by atoms with Crippen molar-refractivity contribution in [3.05, 3.63) is 59.1 Å². The maximum Gasteiger partial charge on any atom is 0.254 e. The Kier molecular flexibility index (Phi) is 4.99. The molecular formula is C17H18ClN3O3S. The molecule has 8 heteroatoms. The molecule has 1 aliphatic rings. The van der Waals surface area contributed by atoms with Gasteiger partial charge in [0.1, 0.15) is 0 Å². The number of piperazine rings is 1. The number of carbonyl (C=O) groups is 1. The maximum absolute atomic E-state index is 12.6. The van der Waals surface area contributed by atoms with E-state index in [1.54, 1.807) is 11.0 Å². The minimum atomic E-state index is -3.83. The largest absolute Gasteiger partial charge is 0.368 e. The van der Waals surface area contributed by atoms with Gasteiger partial charge in [-0.1, -0.05) is 23.7 Å². The number of primary sulfonamides is 1. The lowest BCUT2D eigenvalue weighted by Gasteiger charge is -2.36. The number of hydrogen-bond donors (Lipinski definition) is 1. The van der Waals surface area contributed by atoms with Crippen molar-refractivity contribution in [3.63, 3.8) is 0 Å². The average Bonchev–Trinajstić information content (AvgIpc) is 2.61. The van der Waals surface area contributed by atoms with E-state index in [4.69, 9.17) is 16.7 Å². The average molecular weight is 380 g/mol. The first-order valence-electron chi connectivity index (χ1n) is 7.77. The molecule has 2 N–H and O–H groups in total. The van der Waals surface area contributed by atoms with Gasteiger partial charge < -0.3 is 9.80 Å². The third kappa shape index (κ3) is 4.12. The van der Waals surface area contributed by atoms with Crippen LogP contribution in [0.1, 0.15) is 10.4 Å². The Balaban J connectivity index is 1.70. The topological polar surface area (TPSA) is 83.7 Å². The Morgan fingerprint density at radius 2 is 1.68 bits per heavy atom. The summed E-state index contributed by atoms with van der Waals surface area (Å²) in [5.74, 6) is -0.198. The van der Waals surface area contributed by atoms with E-state index in [0.717, 1.165) is 5.69 Å². The molecule has 0 unspecified atom stereocenters. The number of nitrogens with zero attached hydrogens (tertiary/aromatic N) is 2. The molecule has 0 bridgehead atoms. The van der Waals surface area contributed by atoms with Crippen LogP contribution in [0, 0.1) is 0 Å². The molecule has 0 aromatic heterocycles. The summed E-state index contributed by atoms with van der Waals surface area (Å²) in [5, 5.41) is 5.81. The van der Waals surface area contributed by atoms with Gasteiger partial charge in [-0.2, -0.15) is 0 Å². The molecule has 2 aromatic carbocycles. The molecule has 1 saturated heterocycles. The van der Waals surface area contributed by atoms with Gasteiger partial charge in [0.15, 0.2) is 0 Å². The molecule has 132 valence electrons. The molecule has 0 radical (unpaired) electrons. The van der Waals surface area contributed by atoms with Crippen molar-refractivity contribution in [2.45, 2.75) is 4.90 Å². The molecule has 1 amide bonds. The van der Waals surface area contributed by atoms with E-state index in [2.05, 4.69) is 4.90 Å². The predicted octanol–water partition coefficient (Wildman–Crippen LogP) is 1.95. The Hall–Kier alpha value is -2.09. The van der Waals surface area contributed by atoms with Crippen molar-refractivity contribution in [1.29, 1.82) is 0 Å². The summed E-state index contributed by atoms with van der Waals surface area (Å²) >= 11 is 6.02. The monoisotopic (exact) mass is 379 g/mol. The second-order valence-electron chi connectivity index (χ2n) is 5.83. The maximum atomic E-state index is 12.6. The minimum absolute atomic E-state index is 0.0593. The van der Waals surface area contributed by atoms with Gasteiger partial charge in [0, 0.05) is 42.5 Å². The number of nitrogens with two attached hydrogens (primary N) is 1. The number of benzene rings is 2. The van der Waals surface area contributed by atoms with Crippen molar-refractivity contribution in [1.82, 2.24) is 4.90 Å². The van der Waals surface area contributed by atoms with Gasteiger partial charge in [-0.25, -0.2) is 13.6 Å². The van der Waals surface area contributed by atoms with Crippen molar-refractivity contribution < 1.29 is 13.2 Å². The van der Waals surface area contributed by atoms with Gasteiger partial charge >= 0.3 is 0 Å². The van der Waals surface area contributed by atoms with Crippen LogP contribution in [0.15, 0.2) is 53.4 Å². The fourth-order valence-electron chi connectivity index (χ4n) is 2.83. The number of carbonyl (C=O) groups excluding carboxylic acids is 1. The minimum Gasteiger partial charge on any atom is -0.368 e. The predicted molar refractivity (Wildman–Crippen MR) is 97.4 cm³/mol. The quantitative estimate of drug-likeness (QED) is 0.883. The van der Waals surface area contributed by atoms with Crippen molar-refractivity contribution in [2.24, 2.45) is 5.14 Å². The highest BCUT2D eigenvalue weighted by Gasteiger charge is 2.23. The number of anilines is 1. The second-order valence-corrected chi connectivity index (χ2v) is 7.83. The van der Waals surface area contributed by atoms with Gasteiger partial charge in [0.05, 0.1) is 4.90 Å². The molecule has 1 fully saturated rings. The van der Waals surface area contributed by atoms with Crippen LogP contribution in [0.5, 0.6) is 0 Å². The Morgan fingerprint density at radius 1 is 1.00 bits per heavy atom. The Bertz CT molecular complexity index is 894. The molecular weight excluding hydrogens is 362 g/mol. The van der Waals surface area contributed by atoms with E-state index in [1.807, 2.05) is 24.3 Å². The molecule has 2 aromatic rings. The van der Waals surface area contributed by atoms with E-state index in [0.29, 0.717) is 36.8 Å². The standard InChI is InChI=1S/C17H18ClN3O3S/c18-14-4-2-5-15(12-14)20-7-9-21(10-8-20)17(22)13-3-1-6-16(11-13)25(19,23)24/h1-6,11-12H,7-10H2,(H2,19,23,24). The summed E-state index contributed by atoms with van der Waals surface area (Å²) in [7, 11) is -3.83. The van der Waals surface area contributed by atoms with Crippen LogP contribution >= 0.6 is 11.6 Å². The zero-order chi connectivity index (χ0) is 18.0. The molecule has 0 atom stereocenters. The Labute approximate surface area is 151 Å². The fourth-order valence-corrected chi connectivity index (χ4v) is 3.57. The van der Waals surface area contributed by atoms with Crippen molar-refractivity contribution in [3.8, 4) is 0 Å². The Morgan fingerprint density at radius 3 is 2.32 bits per heavy atom. The van der Waals surface area contributed by atoms with Gasteiger partial charge in [-0.3, -0.25) is 4.79 Å². The van der Waals surface area contributed by atoms with Crippen LogP contribution in [-0.4, -0.2) is 45.4 Å². The lowest BCUT2D eigenvalue weighted by atomic mass is 10.1. The van der Waals surface area contributed by atoms with E-state index in [-0.39, 0.29) is 10.8 Å². The summed E-state index contributed by atoms with van der Waals surface area (Å²) in [6.07, 6.45) is 0. The molecule has 6 nitrogen and oxygen atoms in total. The third-order valence-electron chi connectivity index (χ3n) is 4.15. The van der Waals surface area contributed by atoms with Crippen molar-refractivity contribution in [2.75, 3.05) is 31.1 Å².